The maximum absolute atomic E-state index is 10.8. The average Bonchev–Trinajstić information content (AvgIpc) is 2.17. The second-order valence-corrected chi connectivity index (χ2v) is 3.31. The number of aryl methyl sites for hydroxylation is 1. The van der Waals surface area contributed by atoms with E-state index in [4.69, 9.17) is 5.11 Å². The smallest absolute Gasteiger partial charge is 0.354 e. The first-order valence-electron chi connectivity index (χ1n) is 4.49. The maximum atomic E-state index is 10.8. The van der Waals surface area contributed by atoms with Gasteiger partial charge in [-0.05, 0) is 42.9 Å². The van der Waals surface area contributed by atoms with Gasteiger partial charge in [-0.3, -0.25) is 0 Å². The first-order valence-corrected chi connectivity index (χ1v) is 4.49. The lowest BCUT2D eigenvalue weighted by Gasteiger charge is -2.16. The zero-order valence-electron chi connectivity index (χ0n) is 7.29. The number of rotatable bonds is 1. The van der Waals surface area contributed by atoms with E-state index in [1.807, 2.05) is 6.07 Å². The Morgan fingerprint density at radius 1 is 1.38 bits per heavy atom. The van der Waals surface area contributed by atoms with Crippen molar-refractivity contribution in [2.24, 2.45) is 0 Å². The Morgan fingerprint density at radius 3 is 2.92 bits per heavy atom. The van der Waals surface area contributed by atoms with E-state index in [1.165, 1.54) is 5.56 Å². The third kappa shape index (κ3) is 1.41. The fourth-order valence-corrected chi connectivity index (χ4v) is 1.85. The molecule has 0 aromatic carbocycles. The quantitative estimate of drug-likeness (QED) is 0.709. The highest BCUT2D eigenvalue weighted by molar-refractivity contribution is 5.87. The van der Waals surface area contributed by atoms with Gasteiger partial charge in [0.05, 0.1) is 0 Å². The average molecular weight is 177 g/mol. The number of carboxylic acids is 1. The molecule has 0 radical (unpaired) electrons. The van der Waals surface area contributed by atoms with Gasteiger partial charge in [0.1, 0.15) is 0 Å². The van der Waals surface area contributed by atoms with E-state index in [1.54, 1.807) is 6.20 Å². The summed E-state index contributed by atoms with van der Waals surface area (Å²) in [6, 6.07) is 1.93. The van der Waals surface area contributed by atoms with E-state index in [2.05, 4.69) is 4.98 Å². The van der Waals surface area contributed by atoms with Crippen LogP contribution in [-0.4, -0.2) is 16.1 Å². The summed E-state index contributed by atoms with van der Waals surface area (Å²) < 4.78 is 0. The van der Waals surface area contributed by atoms with Crippen molar-refractivity contribution in [1.82, 2.24) is 4.98 Å². The van der Waals surface area contributed by atoms with Crippen LogP contribution < -0.4 is 0 Å². The van der Waals surface area contributed by atoms with Crippen LogP contribution in [0.4, 0.5) is 0 Å². The van der Waals surface area contributed by atoms with E-state index in [0.29, 0.717) is 0 Å². The van der Waals surface area contributed by atoms with Gasteiger partial charge in [0.2, 0.25) is 0 Å². The lowest BCUT2D eigenvalue weighted by Crippen LogP contribution is -2.12. The third-order valence-electron chi connectivity index (χ3n) is 2.48. The minimum absolute atomic E-state index is 0.247. The zero-order chi connectivity index (χ0) is 9.26. The molecule has 1 aliphatic carbocycles. The molecule has 0 aliphatic heterocycles. The monoisotopic (exact) mass is 177 g/mol. The maximum Gasteiger partial charge on any atom is 0.354 e. The predicted molar refractivity (Wildman–Crippen MR) is 47.8 cm³/mol. The van der Waals surface area contributed by atoms with Gasteiger partial charge >= 0.3 is 5.97 Å². The molecule has 0 spiro atoms. The molecule has 3 nitrogen and oxygen atoms in total. The Labute approximate surface area is 76.4 Å². The second kappa shape index (κ2) is 3.17. The van der Waals surface area contributed by atoms with E-state index < -0.39 is 5.97 Å². The van der Waals surface area contributed by atoms with Gasteiger partial charge in [0.15, 0.2) is 5.69 Å². The second-order valence-electron chi connectivity index (χ2n) is 3.31. The number of carboxylic acid groups (broad SMARTS) is 1. The predicted octanol–water partition coefficient (Wildman–Crippen LogP) is 1.66. The highest BCUT2D eigenvalue weighted by Gasteiger charge is 2.17. The minimum Gasteiger partial charge on any atom is -0.477 e. The van der Waals surface area contributed by atoms with Gasteiger partial charge in [-0.15, -0.1) is 0 Å². The van der Waals surface area contributed by atoms with Crippen LogP contribution in [-0.2, 0) is 12.8 Å². The number of hydrogen-bond acceptors (Lipinski definition) is 2. The molecule has 0 bridgehead atoms. The molecule has 0 fully saturated rings. The lowest BCUT2D eigenvalue weighted by atomic mass is 9.91. The summed E-state index contributed by atoms with van der Waals surface area (Å²) in [5.41, 5.74) is 2.36. The molecular formula is C10H11NO2. The first kappa shape index (κ1) is 8.23. The number of aromatic nitrogens is 1. The molecule has 68 valence electrons. The highest BCUT2D eigenvalue weighted by atomic mass is 16.4. The summed E-state index contributed by atoms with van der Waals surface area (Å²) in [7, 11) is 0. The standard InChI is InChI=1S/C10H11NO2/c12-10(13)9-8-4-2-1-3-7(8)5-6-11-9/h5-6H,1-4H2,(H,12,13). The van der Waals surface area contributed by atoms with Crippen LogP contribution >= 0.6 is 0 Å². The molecule has 0 saturated carbocycles. The van der Waals surface area contributed by atoms with E-state index in [0.717, 1.165) is 31.2 Å². The van der Waals surface area contributed by atoms with Gasteiger partial charge in [0, 0.05) is 6.20 Å². The fourth-order valence-electron chi connectivity index (χ4n) is 1.85. The number of hydrogen-bond donors (Lipinski definition) is 1. The molecule has 0 saturated heterocycles. The van der Waals surface area contributed by atoms with Crippen molar-refractivity contribution in [2.75, 3.05) is 0 Å². The van der Waals surface area contributed by atoms with Crippen molar-refractivity contribution in [3.63, 3.8) is 0 Å². The number of fused-ring (bicyclic) bond motifs is 1. The van der Waals surface area contributed by atoms with Crippen molar-refractivity contribution < 1.29 is 9.90 Å². The van der Waals surface area contributed by atoms with E-state index in [-0.39, 0.29) is 5.69 Å². The van der Waals surface area contributed by atoms with E-state index >= 15 is 0 Å². The van der Waals surface area contributed by atoms with Gasteiger partial charge < -0.3 is 5.11 Å². The molecule has 1 aromatic heterocycles. The normalized spacial score (nSPS) is 15.1. The summed E-state index contributed by atoms with van der Waals surface area (Å²) in [5.74, 6) is -0.904. The summed E-state index contributed by atoms with van der Waals surface area (Å²) in [6.45, 7) is 0. The summed E-state index contributed by atoms with van der Waals surface area (Å²) in [4.78, 5) is 14.7. The zero-order valence-corrected chi connectivity index (χ0v) is 7.29. The minimum atomic E-state index is -0.904. The number of nitrogens with zero attached hydrogens (tertiary/aromatic N) is 1. The van der Waals surface area contributed by atoms with Crippen LogP contribution in [0.2, 0.25) is 0 Å². The van der Waals surface area contributed by atoms with Crippen LogP contribution in [0, 0.1) is 0 Å². The van der Waals surface area contributed by atoms with Gasteiger partial charge in [-0.1, -0.05) is 0 Å². The molecule has 0 unspecified atom stereocenters. The third-order valence-corrected chi connectivity index (χ3v) is 2.48. The van der Waals surface area contributed by atoms with Crippen molar-refractivity contribution in [3.8, 4) is 0 Å². The Kier molecular flexibility index (Phi) is 2.00. The Morgan fingerprint density at radius 2 is 2.15 bits per heavy atom. The summed E-state index contributed by atoms with van der Waals surface area (Å²) in [5, 5.41) is 8.88. The molecule has 3 heteroatoms. The van der Waals surface area contributed by atoms with Gasteiger partial charge in [0.25, 0.3) is 0 Å². The molecule has 13 heavy (non-hydrogen) atoms. The number of aromatic carboxylic acids is 1. The summed E-state index contributed by atoms with van der Waals surface area (Å²) >= 11 is 0. The lowest BCUT2D eigenvalue weighted by molar-refractivity contribution is 0.0688. The SMILES string of the molecule is O=C(O)c1nccc2c1CCCC2. The Hall–Kier alpha value is -1.38. The molecule has 1 aromatic rings. The molecule has 0 amide bonds. The molecule has 0 atom stereocenters. The fraction of sp³-hybridized carbons (Fsp3) is 0.400. The van der Waals surface area contributed by atoms with Crippen molar-refractivity contribution >= 4 is 5.97 Å². The molecule has 2 rings (SSSR count). The molecule has 1 aliphatic rings. The molecule has 1 heterocycles. The summed E-state index contributed by atoms with van der Waals surface area (Å²) in [6.07, 6.45) is 5.70. The first-order chi connectivity index (χ1) is 6.29. The van der Waals surface area contributed by atoms with Gasteiger partial charge in [-0.25, -0.2) is 9.78 Å². The van der Waals surface area contributed by atoms with Crippen LogP contribution in [0.25, 0.3) is 0 Å². The van der Waals surface area contributed by atoms with Gasteiger partial charge in [-0.2, -0.15) is 0 Å². The van der Waals surface area contributed by atoms with Crippen molar-refractivity contribution in [3.05, 3.63) is 29.1 Å². The largest absolute Gasteiger partial charge is 0.477 e. The van der Waals surface area contributed by atoms with Crippen LogP contribution in [0.5, 0.6) is 0 Å². The van der Waals surface area contributed by atoms with Crippen LogP contribution in [0.15, 0.2) is 12.3 Å². The van der Waals surface area contributed by atoms with Crippen molar-refractivity contribution in [2.45, 2.75) is 25.7 Å². The number of pyridine rings is 1. The van der Waals surface area contributed by atoms with Crippen LogP contribution in [0.1, 0.15) is 34.5 Å². The van der Waals surface area contributed by atoms with Crippen LogP contribution in [0.3, 0.4) is 0 Å². The number of carbonyl (C=O) groups is 1. The highest BCUT2D eigenvalue weighted by Crippen LogP contribution is 2.22. The Bertz CT molecular complexity index is 347. The topological polar surface area (TPSA) is 50.2 Å². The molecular weight excluding hydrogens is 166 g/mol. The molecule has 1 N–H and O–H groups in total. The Balaban J connectivity index is 2.52. The van der Waals surface area contributed by atoms with Crippen molar-refractivity contribution in [1.29, 1.82) is 0 Å². The van der Waals surface area contributed by atoms with E-state index in [9.17, 15) is 4.79 Å².